The zero-order valence-electron chi connectivity index (χ0n) is 10.3. The highest BCUT2D eigenvalue weighted by molar-refractivity contribution is 7.87. The second-order valence-corrected chi connectivity index (χ2v) is 6.33. The summed E-state index contributed by atoms with van der Waals surface area (Å²) < 4.78 is 34.3. The molecule has 1 N–H and O–H groups in total. The molecule has 1 fully saturated rings. The molecule has 1 saturated heterocycles. The number of hydrogen-bond acceptors (Lipinski definition) is 5. The first kappa shape index (κ1) is 13.9. The molecule has 2 heterocycles. The number of hydrazone groups is 1. The van der Waals surface area contributed by atoms with E-state index >= 15 is 0 Å². The van der Waals surface area contributed by atoms with Gasteiger partial charge in [0.2, 0.25) is 11.8 Å². The predicted octanol–water partition coefficient (Wildman–Crippen LogP) is -0.601. The van der Waals surface area contributed by atoms with E-state index < -0.39 is 27.3 Å². The standard InChI is InChI=1S/C10H14FN3O4S/c1-6-8(10(16)13-12-6)2-3-14-5-7(4-9(14)15)19(11,17)18/h7-8H,2-5H2,1H3,(H,13,16). The molecular formula is C10H14FN3O4S. The lowest BCUT2D eigenvalue weighted by molar-refractivity contribution is -0.128. The van der Waals surface area contributed by atoms with Gasteiger partial charge >= 0.3 is 10.2 Å². The van der Waals surface area contributed by atoms with Gasteiger partial charge in [0.25, 0.3) is 0 Å². The Labute approximate surface area is 110 Å². The summed E-state index contributed by atoms with van der Waals surface area (Å²) in [7, 11) is -4.69. The van der Waals surface area contributed by atoms with Crippen LogP contribution < -0.4 is 5.43 Å². The van der Waals surface area contributed by atoms with Crippen molar-refractivity contribution in [1.29, 1.82) is 0 Å². The van der Waals surface area contributed by atoms with Crippen molar-refractivity contribution in [2.45, 2.75) is 25.0 Å². The maximum atomic E-state index is 12.8. The van der Waals surface area contributed by atoms with Crippen LogP contribution in [0.5, 0.6) is 0 Å². The Morgan fingerprint density at radius 2 is 2.16 bits per heavy atom. The minimum Gasteiger partial charge on any atom is -0.341 e. The molecule has 0 aromatic carbocycles. The van der Waals surface area contributed by atoms with E-state index in [1.54, 1.807) is 6.92 Å². The Morgan fingerprint density at radius 1 is 1.47 bits per heavy atom. The summed E-state index contributed by atoms with van der Waals surface area (Å²) in [5.41, 5.74) is 2.96. The van der Waals surface area contributed by atoms with E-state index in [9.17, 15) is 21.9 Å². The Balaban J connectivity index is 1.93. The highest BCUT2D eigenvalue weighted by Crippen LogP contribution is 2.21. The van der Waals surface area contributed by atoms with Crippen LogP contribution in [-0.2, 0) is 19.8 Å². The van der Waals surface area contributed by atoms with Crippen molar-refractivity contribution in [3.63, 3.8) is 0 Å². The fraction of sp³-hybridized carbons (Fsp3) is 0.700. The molecule has 0 bridgehead atoms. The Hall–Kier alpha value is -1.51. The number of nitrogens with zero attached hydrogens (tertiary/aromatic N) is 2. The van der Waals surface area contributed by atoms with Gasteiger partial charge in [0.15, 0.2) is 0 Å². The predicted molar refractivity (Wildman–Crippen MR) is 64.4 cm³/mol. The summed E-state index contributed by atoms with van der Waals surface area (Å²) >= 11 is 0. The van der Waals surface area contributed by atoms with Gasteiger partial charge in [-0.1, -0.05) is 0 Å². The molecule has 0 spiro atoms. The van der Waals surface area contributed by atoms with E-state index in [2.05, 4.69) is 10.5 Å². The largest absolute Gasteiger partial charge is 0.341 e. The van der Waals surface area contributed by atoms with Crippen molar-refractivity contribution in [3.8, 4) is 0 Å². The monoisotopic (exact) mass is 291 g/mol. The highest BCUT2D eigenvalue weighted by atomic mass is 32.3. The minimum absolute atomic E-state index is 0.151. The molecular weight excluding hydrogens is 277 g/mol. The van der Waals surface area contributed by atoms with Crippen molar-refractivity contribution >= 4 is 27.7 Å². The molecule has 0 aliphatic carbocycles. The first-order valence-corrected chi connectivity index (χ1v) is 7.29. The number of halogens is 1. The van der Waals surface area contributed by atoms with Gasteiger partial charge in [0.1, 0.15) is 5.25 Å². The summed E-state index contributed by atoms with van der Waals surface area (Å²) in [6.45, 7) is 1.77. The summed E-state index contributed by atoms with van der Waals surface area (Å²) in [5, 5.41) is 2.49. The first-order chi connectivity index (χ1) is 8.79. The molecule has 2 rings (SSSR count). The van der Waals surface area contributed by atoms with E-state index in [0.717, 1.165) is 0 Å². The van der Waals surface area contributed by atoms with Gasteiger partial charge < -0.3 is 4.90 Å². The van der Waals surface area contributed by atoms with Crippen molar-refractivity contribution in [1.82, 2.24) is 10.3 Å². The maximum Gasteiger partial charge on any atom is 0.307 e. The van der Waals surface area contributed by atoms with Gasteiger partial charge in [-0.2, -0.15) is 13.5 Å². The third-order valence-electron chi connectivity index (χ3n) is 3.43. The third-order valence-corrected chi connectivity index (χ3v) is 4.54. The smallest absolute Gasteiger partial charge is 0.307 e. The van der Waals surface area contributed by atoms with Crippen LogP contribution >= 0.6 is 0 Å². The molecule has 0 saturated carbocycles. The van der Waals surface area contributed by atoms with E-state index in [4.69, 9.17) is 0 Å². The van der Waals surface area contributed by atoms with Gasteiger partial charge in [-0.25, -0.2) is 5.43 Å². The van der Waals surface area contributed by atoms with E-state index in [1.165, 1.54) is 4.90 Å². The summed E-state index contributed by atoms with van der Waals surface area (Å²) in [4.78, 5) is 24.3. The Kier molecular flexibility index (Phi) is 3.57. The molecule has 0 radical (unpaired) electrons. The highest BCUT2D eigenvalue weighted by Gasteiger charge is 2.39. The molecule has 0 aromatic heterocycles. The van der Waals surface area contributed by atoms with Crippen LogP contribution in [0.3, 0.4) is 0 Å². The van der Waals surface area contributed by atoms with Crippen LogP contribution in [0.25, 0.3) is 0 Å². The number of amides is 2. The number of carbonyl (C=O) groups is 2. The molecule has 2 aliphatic rings. The zero-order valence-corrected chi connectivity index (χ0v) is 11.1. The Bertz CT molecular complexity index is 545. The molecule has 106 valence electrons. The quantitative estimate of drug-likeness (QED) is 0.699. The molecule has 7 nitrogen and oxygen atoms in total. The normalized spacial score (nSPS) is 27.7. The topological polar surface area (TPSA) is 95.9 Å². The van der Waals surface area contributed by atoms with Crippen molar-refractivity contribution < 1.29 is 21.9 Å². The molecule has 2 atom stereocenters. The average molecular weight is 291 g/mol. The van der Waals surface area contributed by atoms with Gasteiger partial charge in [-0.15, -0.1) is 3.89 Å². The van der Waals surface area contributed by atoms with Crippen molar-refractivity contribution in [3.05, 3.63) is 0 Å². The molecule has 19 heavy (non-hydrogen) atoms. The molecule has 2 amide bonds. The number of likely N-dealkylation sites (tertiary alicyclic amines) is 1. The lowest BCUT2D eigenvalue weighted by Gasteiger charge is -2.17. The number of carbonyl (C=O) groups excluding carboxylic acids is 2. The van der Waals surface area contributed by atoms with Crippen LogP contribution in [0, 0.1) is 5.92 Å². The molecule has 9 heteroatoms. The molecule has 0 aromatic rings. The lowest BCUT2D eigenvalue weighted by atomic mass is 10.0. The van der Waals surface area contributed by atoms with Gasteiger partial charge in [0, 0.05) is 25.2 Å². The second-order valence-electron chi connectivity index (χ2n) is 4.71. The van der Waals surface area contributed by atoms with Crippen LogP contribution in [0.1, 0.15) is 19.8 Å². The van der Waals surface area contributed by atoms with Crippen LogP contribution in [0.15, 0.2) is 5.10 Å². The van der Waals surface area contributed by atoms with E-state index in [0.29, 0.717) is 12.1 Å². The number of hydrogen-bond donors (Lipinski definition) is 1. The maximum absolute atomic E-state index is 12.8. The second kappa shape index (κ2) is 4.87. The van der Waals surface area contributed by atoms with Gasteiger partial charge in [0.05, 0.1) is 5.92 Å². The van der Waals surface area contributed by atoms with E-state index in [-0.39, 0.29) is 25.4 Å². The number of nitrogens with one attached hydrogen (secondary N) is 1. The summed E-state index contributed by atoms with van der Waals surface area (Å²) in [6, 6.07) is 0. The van der Waals surface area contributed by atoms with Crippen LogP contribution in [0.2, 0.25) is 0 Å². The van der Waals surface area contributed by atoms with Crippen LogP contribution in [0.4, 0.5) is 3.89 Å². The minimum atomic E-state index is -4.69. The fourth-order valence-corrected chi connectivity index (χ4v) is 2.95. The van der Waals surface area contributed by atoms with Crippen molar-refractivity contribution in [2.75, 3.05) is 13.1 Å². The molecule has 2 unspecified atom stereocenters. The third kappa shape index (κ3) is 2.91. The lowest BCUT2D eigenvalue weighted by Crippen LogP contribution is -2.32. The van der Waals surface area contributed by atoms with Crippen molar-refractivity contribution in [2.24, 2.45) is 11.0 Å². The summed E-state index contributed by atoms with van der Waals surface area (Å²) in [6.07, 6.45) is 0.0225. The SMILES string of the molecule is CC1=NNC(=O)C1CCN1CC(S(=O)(=O)F)CC1=O. The number of rotatable bonds is 4. The van der Waals surface area contributed by atoms with Gasteiger partial charge in [-0.05, 0) is 13.3 Å². The Morgan fingerprint density at radius 3 is 2.63 bits per heavy atom. The first-order valence-electron chi connectivity index (χ1n) is 5.84. The zero-order chi connectivity index (χ0) is 14.2. The van der Waals surface area contributed by atoms with Gasteiger partial charge in [-0.3, -0.25) is 9.59 Å². The molecule has 2 aliphatic heterocycles. The summed E-state index contributed by atoms with van der Waals surface area (Å²) in [5.74, 6) is -1.05. The van der Waals surface area contributed by atoms with E-state index in [1.807, 2.05) is 0 Å². The van der Waals surface area contributed by atoms with Crippen LogP contribution in [-0.4, -0.2) is 49.2 Å². The average Bonchev–Trinajstić information content (AvgIpc) is 2.81. The fourth-order valence-electron chi connectivity index (χ4n) is 2.25.